The number of hydrogen-bond donors (Lipinski definition) is 0. The monoisotopic (exact) mass is 381 g/mol. The quantitative estimate of drug-likeness (QED) is 0.506. The van der Waals surface area contributed by atoms with E-state index in [4.69, 9.17) is 0 Å². The lowest BCUT2D eigenvalue weighted by atomic mass is 10.0. The van der Waals surface area contributed by atoms with Crippen LogP contribution < -0.4 is 15.9 Å². The molecule has 0 radical (unpaired) electrons. The minimum atomic E-state index is -1.63. The number of hydrogen-bond acceptors (Lipinski definition) is 0. The van der Waals surface area contributed by atoms with Crippen molar-refractivity contribution in [3.63, 3.8) is 0 Å². The standard InChI is InChI=1S/C24H26P.ClH/c1-5-13-21(14-6-1)25(22-15-7-2-8-16-22,23-17-9-3-10-18-23)24-19-11-4-12-20-24;/h1-3,5-10,13-18,24H,4,11-12,19-20H2;1H/q+1;. The van der Waals surface area contributed by atoms with Crippen LogP contribution in [-0.4, -0.2) is 5.66 Å². The fourth-order valence-electron chi connectivity index (χ4n) is 4.54. The first-order valence-electron chi connectivity index (χ1n) is 9.48. The van der Waals surface area contributed by atoms with E-state index < -0.39 is 7.26 Å². The molecule has 1 saturated carbocycles. The minimum absolute atomic E-state index is 0. The summed E-state index contributed by atoms with van der Waals surface area (Å²) in [4.78, 5) is 0. The summed E-state index contributed by atoms with van der Waals surface area (Å²) in [6.07, 6.45) is 6.85. The van der Waals surface area contributed by atoms with Crippen LogP contribution in [0.4, 0.5) is 0 Å². The highest BCUT2D eigenvalue weighted by atomic mass is 35.5. The van der Waals surface area contributed by atoms with Gasteiger partial charge in [-0.2, -0.15) is 0 Å². The van der Waals surface area contributed by atoms with Gasteiger partial charge in [-0.05, 0) is 62.1 Å². The van der Waals surface area contributed by atoms with Crippen molar-refractivity contribution in [3.8, 4) is 0 Å². The van der Waals surface area contributed by atoms with Gasteiger partial charge in [0.15, 0.2) is 0 Å². The predicted octanol–water partition coefficient (Wildman–Crippen LogP) is 5.74. The van der Waals surface area contributed by atoms with E-state index in [1.807, 2.05) is 0 Å². The van der Waals surface area contributed by atoms with Gasteiger partial charge in [0.25, 0.3) is 0 Å². The lowest BCUT2D eigenvalue weighted by Crippen LogP contribution is -2.39. The van der Waals surface area contributed by atoms with Gasteiger partial charge in [-0.15, -0.1) is 12.4 Å². The molecule has 4 rings (SSSR count). The Morgan fingerprint density at radius 1 is 0.500 bits per heavy atom. The first-order valence-corrected chi connectivity index (χ1v) is 11.3. The van der Waals surface area contributed by atoms with Crippen molar-refractivity contribution in [3.05, 3.63) is 91.0 Å². The smallest absolute Gasteiger partial charge is 0.115 e. The molecule has 1 aliphatic carbocycles. The molecule has 1 fully saturated rings. The lowest BCUT2D eigenvalue weighted by Gasteiger charge is -2.36. The Morgan fingerprint density at radius 3 is 1.19 bits per heavy atom. The van der Waals surface area contributed by atoms with Crippen LogP contribution in [0.3, 0.4) is 0 Å². The van der Waals surface area contributed by atoms with Crippen LogP contribution in [-0.2, 0) is 0 Å². The zero-order valence-corrected chi connectivity index (χ0v) is 16.8. The summed E-state index contributed by atoms with van der Waals surface area (Å²) >= 11 is 0. The van der Waals surface area contributed by atoms with E-state index in [0.717, 1.165) is 5.66 Å². The molecule has 0 nitrogen and oxygen atoms in total. The zero-order valence-electron chi connectivity index (χ0n) is 15.1. The Balaban J connectivity index is 0.00000196. The molecule has 0 spiro atoms. The molecule has 2 heteroatoms. The first kappa shape index (κ1) is 19.2. The zero-order chi connectivity index (χ0) is 17.0. The highest BCUT2D eigenvalue weighted by molar-refractivity contribution is 7.96. The molecule has 0 heterocycles. The first-order chi connectivity index (χ1) is 12.4. The van der Waals surface area contributed by atoms with Crippen LogP contribution in [0.2, 0.25) is 0 Å². The molecule has 0 saturated heterocycles. The lowest BCUT2D eigenvalue weighted by molar-refractivity contribution is 0.511. The summed E-state index contributed by atoms with van der Waals surface area (Å²) in [5.74, 6) is 0. The third-order valence-electron chi connectivity index (χ3n) is 5.61. The van der Waals surface area contributed by atoms with Gasteiger partial charge in [-0.25, -0.2) is 0 Å². The molecule has 0 atom stereocenters. The maximum atomic E-state index is 2.38. The van der Waals surface area contributed by atoms with Gasteiger partial charge < -0.3 is 0 Å². The van der Waals surface area contributed by atoms with Gasteiger partial charge in [0.1, 0.15) is 23.2 Å². The van der Waals surface area contributed by atoms with Gasteiger partial charge in [-0.1, -0.05) is 61.0 Å². The van der Waals surface area contributed by atoms with Crippen molar-refractivity contribution in [1.29, 1.82) is 0 Å². The van der Waals surface area contributed by atoms with E-state index in [1.54, 1.807) is 15.9 Å². The van der Waals surface area contributed by atoms with Crippen molar-refractivity contribution < 1.29 is 0 Å². The maximum Gasteiger partial charge on any atom is 0.115 e. The molecule has 0 unspecified atom stereocenters. The fourth-order valence-corrected chi connectivity index (χ4v) is 9.76. The summed E-state index contributed by atoms with van der Waals surface area (Å²) < 4.78 is 0. The second-order valence-corrected chi connectivity index (χ2v) is 10.7. The van der Waals surface area contributed by atoms with Crippen molar-refractivity contribution in [2.24, 2.45) is 0 Å². The van der Waals surface area contributed by atoms with Crippen molar-refractivity contribution in [2.45, 2.75) is 37.8 Å². The highest BCUT2D eigenvalue weighted by Crippen LogP contribution is 2.63. The van der Waals surface area contributed by atoms with Crippen LogP contribution in [0, 0.1) is 0 Å². The highest BCUT2D eigenvalue weighted by Gasteiger charge is 2.51. The van der Waals surface area contributed by atoms with E-state index in [2.05, 4.69) is 91.0 Å². The Kier molecular flexibility index (Phi) is 6.52. The summed E-state index contributed by atoms with van der Waals surface area (Å²) in [6.45, 7) is 0. The van der Waals surface area contributed by atoms with Crippen LogP contribution >= 0.6 is 19.7 Å². The molecule has 0 bridgehead atoms. The number of benzene rings is 3. The van der Waals surface area contributed by atoms with Crippen molar-refractivity contribution >= 4 is 35.6 Å². The molecule has 3 aromatic carbocycles. The fraction of sp³-hybridized carbons (Fsp3) is 0.250. The van der Waals surface area contributed by atoms with E-state index >= 15 is 0 Å². The van der Waals surface area contributed by atoms with Crippen LogP contribution in [0.1, 0.15) is 32.1 Å². The van der Waals surface area contributed by atoms with Crippen molar-refractivity contribution in [1.82, 2.24) is 0 Å². The van der Waals surface area contributed by atoms with E-state index in [1.165, 1.54) is 32.1 Å². The molecular formula is C24H27ClP+. The molecule has 3 aromatic rings. The van der Waals surface area contributed by atoms with Crippen LogP contribution in [0.15, 0.2) is 91.0 Å². The SMILES string of the molecule is Cl.c1ccc([P+](c2ccccc2)(c2ccccc2)C2CCCCC2)cc1. The average molecular weight is 382 g/mol. The number of rotatable bonds is 4. The summed E-state index contributed by atoms with van der Waals surface area (Å²) in [5, 5.41) is 4.62. The van der Waals surface area contributed by atoms with E-state index in [9.17, 15) is 0 Å². The van der Waals surface area contributed by atoms with Gasteiger partial charge in [-0.3, -0.25) is 0 Å². The second-order valence-electron chi connectivity index (χ2n) is 7.02. The van der Waals surface area contributed by atoms with E-state index in [0.29, 0.717) is 0 Å². The molecule has 26 heavy (non-hydrogen) atoms. The van der Waals surface area contributed by atoms with Crippen LogP contribution in [0.25, 0.3) is 0 Å². The van der Waals surface area contributed by atoms with Gasteiger partial charge in [0.2, 0.25) is 0 Å². The van der Waals surface area contributed by atoms with Gasteiger partial charge in [0.05, 0.1) is 5.66 Å². The van der Waals surface area contributed by atoms with E-state index in [-0.39, 0.29) is 12.4 Å². The van der Waals surface area contributed by atoms with Gasteiger partial charge >= 0.3 is 0 Å². The molecular weight excluding hydrogens is 355 g/mol. The molecule has 1 aliphatic rings. The normalized spacial score (nSPS) is 15.2. The second kappa shape index (κ2) is 8.85. The molecule has 0 amide bonds. The third kappa shape index (κ3) is 3.46. The Labute approximate surface area is 164 Å². The Bertz CT molecular complexity index is 684. The van der Waals surface area contributed by atoms with Gasteiger partial charge in [0, 0.05) is 0 Å². The predicted molar refractivity (Wildman–Crippen MR) is 119 cm³/mol. The van der Waals surface area contributed by atoms with Crippen LogP contribution in [0.5, 0.6) is 0 Å². The maximum absolute atomic E-state index is 2.38. The van der Waals surface area contributed by atoms with Crippen molar-refractivity contribution in [2.75, 3.05) is 0 Å². The molecule has 134 valence electrons. The topological polar surface area (TPSA) is 0 Å². The average Bonchev–Trinajstić information content (AvgIpc) is 2.72. The molecule has 0 N–H and O–H groups in total. The number of halogens is 1. The Morgan fingerprint density at radius 2 is 0.846 bits per heavy atom. The summed E-state index contributed by atoms with van der Waals surface area (Å²) in [6, 6.07) is 34.0. The summed E-state index contributed by atoms with van der Waals surface area (Å²) in [7, 11) is -1.63. The Hall–Kier alpha value is -1.62. The third-order valence-corrected chi connectivity index (χ3v) is 10.6. The molecule has 0 aromatic heterocycles. The minimum Gasteiger partial charge on any atom is -0.147 e. The largest absolute Gasteiger partial charge is 0.147 e. The molecule has 0 aliphatic heterocycles. The summed E-state index contributed by atoms with van der Waals surface area (Å²) in [5.41, 5.74) is 0.758.